The summed E-state index contributed by atoms with van der Waals surface area (Å²) in [7, 11) is 1.85. The van der Waals surface area contributed by atoms with E-state index in [1.807, 2.05) is 25.2 Å². The minimum Gasteiger partial charge on any atom is -0.371 e. The lowest BCUT2D eigenvalue weighted by Crippen LogP contribution is -2.28. The number of aromatic nitrogens is 2. The molecule has 6 nitrogen and oxygen atoms in total. The van der Waals surface area contributed by atoms with E-state index in [2.05, 4.69) is 33.2 Å². The Balaban J connectivity index is 1.48. The smallest absolute Gasteiger partial charge is 0.257 e. The molecule has 1 saturated heterocycles. The molecule has 1 amide bonds. The van der Waals surface area contributed by atoms with Crippen LogP contribution in [0.15, 0.2) is 53.1 Å². The molecule has 1 fully saturated rings. The SMILES string of the molecule is Cc1noc(-c2ccc(C(=O)N(C)Cc3ccccc3N3CCCC3)cc2)n1. The number of carbonyl (C=O) groups excluding carboxylic acids is 1. The molecule has 2 aromatic carbocycles. The van der Waals surface area contributed by atoms with E-state index in [9.17, 15) is 4.79 Å². The zero-order valence-electron chi connectivity index (χ0n) is 16.3. The number of anilines is 1. The zero-order valence-corrected chi connectivity index (χ0v) is 16.3. The Kier molecular flexibility index (Phi) is 5.10. The van der Waals surface area contributed by atoms with Crippen LogP contribution in [0.3, 0.4) is 0 Å². The highest BCUT2D eigenvalue weighted by Crippen LogP contribution is 2.26. The van der Waals surface area contributed by atoms with Crippen molar-refractivity contribution in [3.63, 3.8) is 0 Å². The summed E-state index contributed by atoms with van der Waals surface area (Å²) in [6, 6.07) is 15.7. The highest BCUT2D eigenvalue weighted by Gasteiger charge is 2.18. The van der Waals surface area contributed by atoms with Gasteiger partial charge in [0, 0.05) is 43.5 Å². The van der Waals surface area contributed by atoms with Crippen LogP contribution in [0, 0.1) is 6.92 Å². The van der Waals surface area contributed by atoms with Gasteiger partial charge in [-0.15, -0.1) is 0 Å². The van der Waals surface area contributed by atoms with Crippen LogP contribution in [-0.2, 0) is 6.54 Å². The Labute approximate surface area is 164 Å². The second kappa shape index (κ2) is 7.84. The van der Waals surface area contributed by atoms with Crippen molar-refractivity contribution >= 4 is 11.6 Å². The average molecular weight is 376 g/mol. The highest BCUT2D eigenvalue weighted by atomic mass is 16.5. The second-order valence-corrected chi connectivity index (χ2v) is 7.21. The second-order valence-electron chi connectivity index (χ2n) is 7.21. The quantitative estimate of drug-likeness (QED) is 0.675. The van der Waals surface area contributed by atoms with E-state index in [-0.39, 0.29) is 5.91 Å². The number of amides is 1. The van der Waals surface area contributed by atoms with Crippen molar-refractivity contribution in [2.45, 2.75) is 26.3 Å². The molecule has 0 aliphatic carbocycles. The number of rotatable bonds is 5. The van der Waals surface area contributed by atoms with Crippen molar-refractivity contribution < 1.29 is 9.32 Å². The van der Waals surface area contributed by atoms with Crippen molar-refractivity contribution in [2.75, 3.05) is 25.0 Å². The zero-order chi connectivity index (χ0) is 19.5. The van der Waals surface area contributed by atoms with Crippen LogP contribution in [-0.4, -0.2) is 41.1 Å². The molecule has 1 aliphatic heterocycles. The van der Waals surface area contributed by atoms with Gasteiger partial charge in [0.25, 0.3) is 11.8 Å². The van der Waals surface area contributed by atoms with Gasteiger partial charge in [-0.05, 0) is 55.7 Å². The molecule has 0 N–H and O–H groups in total. The molecule has 144 valence electrons. The molecule has 0 radical (unpaired) electrons. The Morgan fingerprint density at radius 1 is 1.11 bits per heavy atom. The minimum atomic E-state index is -0.00974. The molecular weight excluding hydrogens is 352 g/mol. The van der Waals surface area contributed by atoms with Gasteiger partial charge in [-0.3, -0.25) is 4.79 Å². The van der Waals surface area contributed by atoms with E-state index in [4.69, 9.17) is 4.52 Å². The summed E-state index contributed by atoms with van der Waals surface area (Å²) in [5.41, 5.74) is 3.86. The Hall–Kier alpha value is -3.15. The first-order valence-corrected chi connectivity index (χ1v) is 9.61. The first-order chi connectivity index (χ1) is 13.6. The monoisotopic (exact) mass is 376 g/mol. The summed E-state index contributed by atoms with van der Waals surface area (Å²) in [5.74, 6) is 1.04. The fourth-order valence-electron chi connectivity index (χ4n) is 3.63. The minimum absolute atomic E-state index is 0.00974. The molecule has 1 aliphatic rings. The molecular formula is C22H24N4O2. The van der Waals surface area contributed by atoms with Crippen molar-refractivity contribution in [1.82, 2.24) is 15.0 Å². The van der Waals surface area contributed by atoms with E-state index in [0.29, 0.717) is 23.8 Å². The van der Waals surface area contributed by atoms with E-state index in [1.54, 1.807) is 24.0 Å². The van der Waals surface area contributed by atoms with Crippen LogP contribution in [0.25, 0.3) is 11.5 Å². The topological polar surface area (TPSA) is 62.5 Å². The van der Waals surface area contributed by atoms with Crippen LogP contribution in [0.5, 0.6) is 0 Å². The third-order valence-electron chi connectivity index (χ3n) is 5.10. The van der Waals surface area contributed by atoms with Gasteiger partial charge in [-0.1, -0.05) is 23.4 Å². The maximum Gasteiger partial charge on any atom is 0.257 e. The van der Waals surface area contributed by atoms with Crippen LogP contribution < -0.4 is 4.90 Å². The molecule has 1 aromatic heterocycles. The summed E-state index contributed by atoms with van der Waals surface area (Å²) in [6.07, 6.45) is 2.46. The molecule has 2 heterocycles. The molecule has 28 heavy (non-hydrogen) atoms. The standard InChI is InChI=1S/C22H24N4O2/c1-16-23-21(28-24-16)17-9-11-18(12-10-17)22(27)25(2)15-19-7-3-4-8-20(19)26-13-5-6-14-26/h3-4,7-12H,5-6,13-15H2,1-2H3. The van der Waals surface area contributed by atoms with E-state index in [1.165, 1.54) is 24.1 Å². The summed E-state index contributed by atoms with van der Waals surface area (Å²) in [6.45, 7) is 4.53. The van der Waals surface area contributed by atoms with Gasteiger partial charge in [0.15, 0.2) is 5.82 Å². The van der Waals surface area contributed by atoms with Crippen molar-refractivity contribution in [3.05, 3.63) is 65.5 Å². The van der Waals surface area contributed by atoms with Gasteiger partial charge in [0.2, 0.25) is 0 Å². The van der Waals surface area contributed by atoms with Crippen LogP contribution in [0.1, 0.15) is 34.6 Å². The third-order valence-corrected chi connectivity index (χ3v) is 5.10. The summed E-state index contributed by atoms with van der Waals surface area (Å²) >= 11 is 0. The largest absolute Gasteiger partial charge is 0.371 e. The predicted octanol–water partition coefficient (Wildman–Crippen LogP) is 3.92. The van der Waals surface area contributed by atoms with Gasteiger partial charge < -0.3 is 14.3 Å². The van der Waals surface area contributed by atoms with Gasteiger partial charge in [-0.25, -0.2) is 0 Å². The lowest BCUT2D eigenvalue weighted by atomic mass is 10.1. The number of benzene rings is 2. The molecule has 6 heteroatoms. The van der Waals surface area contributed by atoms with Crippen LogP contribution >= 0.6 is 0 Å². The van der Waals surface area contributed by atoms with E-state index in [0.717, 1.165) is 18.7 Å². The summed E-state index contributed by atoms with van der Waals surface area (Å²) in [5, 5.41) is 3.80. The Morgan fingerprint density at radius 3 is 2.50 bits per heavy atom. The van der Waals surface area contributed by atoms with Gasteiger partial charge >= 0.3 is 0 Å². The number of hydrogen-bond donors (Lipinski definition) is 0. The normalized spacial score (nSPS) is 13.7. The van der Waals surface area contributed by atoms with Crippen molar-refractivity contribution in [2.24, 2.45) is 0 Å². The first kappa shape index (κ1) is 18.2. The molecule has 0 saturated carbocycles. The molecule has 3 aromatic rings. The average Bonchev–Trinajstić information content (AvgIpc) is 3.40. The number of para-hydroxylation sites is 1. The Bertz CT molecular complexity index is 959. The van der Waals surface area contributed by atoms with Crippen LogP contribution in [0.4, 0.5) is 5.69 Å². The number of carbonyl (C=O) groups is 1. The number of aryl methyl sites for hydroxylation is 1. The molecule has 0 atom stereocenters. The third kappa shape index (κ3) is 3.76. The van der Waals surface area contributed by atoms with Gasteiger partial charge in [-0.2, -0.15) is 4.98 Å². The van der Waals surface area contributed by atoms with Crippen LogP contribution in [0.2, 0.25) is 0 Å². The fourth-order valence-corrected chi connectivity index (χ4v) is 3.63. The molecule has 0 spiro atoms. The van der Waals surface area contributed by atoms with Gasteiger partial charge in [0.1, 0.15) is 0 Å². The molecule has 0 unspecified atom stereocenters. The molecule has 4 rings (SSSR count). The first-order valence-electron chi connectivity index (χ1n) is 9.61. The maximum absolute atomic E-state index is 12.9. The Morgan fingerprint density at radius 2 is 1.82 bits per heavy atom. The van der Waals surface area contributed by atoms with E-state index < -0.39 is 0 Å². The predicted molar refractivity (Wildman–Crippen MR) is 108 cm³/mol. The number of nitrogens with zero attached hydrogens (tertiary/aromatic N) is 4. The maximum atomic E-state index is 12.9. The highest BCUT2D eigenvalue weighted by molar-refractivity contribution is 5.94. The van der Waals surface area contributed by atoms with E-state index >= 15 is 0 Å². The summed E-state index contributed by atoms with van der Waals surface area (Å²) in [4.78, 5) is 21.3. The van der Waals surface area contributed by atoms with Crippen molar-refractivity contribution in [3.8, 4) is 11.5 Å². The molecule has 0 bridgehead atoms. The lowest BCUT2D eigenvalue weighted by Gasteiger charge is -2.24. The van der Waals surface area contributed by atoms with Crippen molar-refractivity contribution in [1.29, 1.82) is 0 Å². The number of hydrogen-bond acceptors (Lipinski definition) is 5. The summed E-state index contributed by atoms with van der Waals surface area (Å²) < 4.78 is 5.18. The lowest BCUT2D eigenvalue weighted by molar-refractivity contribution is 0.0785. The van der Waals surface area contributed by atoms with Gasteiger partial charge in [0.05, 0.1) is 0 Å². The fraction of sp³-hybridized carbons (Fsp3) is 0.318.